The molecular weight excluding hydrogens is 280 g/mol. The van der Waals surface area contributed by atoms with Crippen molar-refractivity contribution in [2.24, 2.45) is 0 Å². The molecule has 0 radical (unpaired) electrons. The minimum atomic E-state index is 0.0765. The Morgan fingerprint density at radius 3 is 2.65 bits per heavy atom. The van der Waals surface area contributed by atoms with Crippen LogP contribution in [0.4, 0.5) is 0 Å². The van der Waals surface area contributed by atoms with Crippen LogP contribution in [0.15, 0.2) is 21.5 Å². The van der Waals surface area contributed by atoms with Crippen LogP contribution in [-0.4, -0.2) is 29.1 Å². The van der Waals surface area contributed by atoms with Gasteiger partial charge >= 0.3 is 0 Å². The zero-order valence-corrected chi connectivity index (χ0v) is 11.9. The predicted molar refractivity (Wildman–Crippen MR) is 73.4 cm³/mol. The van der Waals surface area contributed by atoms with Crippen molar-refractivity contribution in [1.29, 1.82) is 0 Å². The first-order chi connectivity index (χ1) is 8.16. The summed E-state index contributed by atoms with van der Waals surface area (Å²) in [6.07, 6.45) is 5.89. The molecule has 0 spiro atoms. The van der Waals surface area contributed by atoms with E-state index in [1.54, 1.807) is 0 Å². The molecule has 17 heavy (non-hydrogen) atoms. The molecule has 0 bridgehead atoms. The monoisotopic (exact) mass is 298 g/mol. The quantitative estimate of drug-likeness (QED) is 0.856. The maximum atomic E-state index is 11.9. The van der Waals surface area contributed by atoms with Crippen LogP contribution < -0.4 is 5.56 Å². The van der Waals surface area contributed by atoms with E-state index in [2.05, 4.69) is 20.8 Å². The van der Waals surface area contributed by atoms with Crippen LogP contribution in [-0.2, 0) is 6.54 Å². The van der Waals surface area contributed by atoms with Gasteiger partial charge in [-0.1, -0.05) is 6.42 Å². The molecule has 2 heterocycles. The summed E-state index contributed by atoms with van der Waals surface area (Å²) in [4.78, 5) is 14.3. The molecule has 3 nitrogen and oxygen atoms in total. The molecule has 1 fully saturated rings. The van der Waals surface area contributed by atoms with Gasteiger partial charge in [-0.15, -0.1) is 0 Å². The number of hydrogen-bond donors (Lipinski definition) is 0. The van der Waals surface area contributed by atoms with E-state index in [1.165, 1.54) is 32.4 Å². The number of piperidine rings is 1. The zero-order chi connectivity index (χ0) is 12.3. The maximum absolute atomic E-state index is 11.9. The number of pyridine rings is 1. The first-order valence-corrected chi connectivity index (χ1v) is 7.05. The molecule has 0 amide bonds. The Hall–Kier alpha value is -0.610. The highest BCUT2D eigenvalue weighted by atomic mass is 79.9. The number of hydrogen-bond acceptors (Lipinski definition) is 2. The Labute approximate surface area is 111 Å². The number of nitrogens with zero attached hydrogens (tertiary/aromatic N) is 2. The summed E-state index contributed by atoms with van der Waals surface area (Å²) < 4.78 is 2.48. The van der Waals surface area contributed by atoms with Gasteiger partial charge in [-0.25, -0.2) is 0 Å². The van der Waals surface area contributed by atoms with Gasteiger partial charge in [-0.3, -0.25) is 4.79 Å². The van der Waals surface area contributed by atoms with Gasteiger partial charge in [0.2, 0.25) is 0 Å². The largest absolute Gasteiger partial charge is 0.313 e. The minimum absolute atomic E-state index is 0.0765. The van der Waals surface area contributed by atoms with Crippen molar-refractivity contribution in [2.45, 2.75) is 32.7 Å². The highest BCUT2D eigenvalue weighted by Crippen LogP contribution is 2.09. The normalized spacial score (nSPS) is 17.3. The van der Waals surface area contributed by atoms with E-state index in [0.717, 1.165) is 18.7 Å². The second-order valence-electron chi connectivity index (χ2n) is 4.77. The van der Waals surface area contributed by atoms with Gasteiger partial charge in [0.15, 0.2) is 0 Å². The third-order valence-corrected chi connectivity index (χ3v) is 3.85. The topological polar surface area (TPSA) is 25.2 Å². The summed E-state index contributed by atoms with van der Waals surface area (Å²) in [5, 5.41) is 0. The smallest absolute Gasteiger partial charge is 0.264 e. The molecule has 0 atom stereocenters. The van der Waals surface area contributed by atoms with Crippen LogP contribution >= 0.6 is 15.9 Å². The van der Waals surface area contributed by atoms with Gasteiger partial charge in [-0.2, -0.15) is 0 Å². The third-order valence-electron chi connectivity index (χ3n) is 3.28. The Kier molecular flexibility index (Phi) is 4.40. The molecule has 0 aliphatic carbocycles. The molecule has 4 heteroatoms. The first-order valence-electron chi connectivity index (χ1n) is 6.26. The maximum Gasteiger partial charge on any atom is 0.264 e. The molecule has 1 aromatic rings. The van der Waals surface area contributed by atoms with Gasteiger partial charge in [0.25, 0.3) is 5.56 Å². The van der Waals surface area contributed by atoms with Crippen molar-refractivity contribution < 1.29 is 0 Å². The average Bonchev–Trinajstić information content (AvgIpc) is 2.33. The average molecular weight is 299 g/mol. The number of aryl methyl sites for hydroxylation is 1. The molecule has 0 aromatic carbocycles. The molecular formula is C13H19BrN2O. The Morgan fingerprint density at radius 2 is 1.94 bits per heavy atom. The van der Waals surface area contributed by atoms with Gasteiger partial charge in [-0.05, 0) is 60.4 Å². The SMILES string of the molecule is Cc1cc(Br)c(=O)n(CCN2CCCCC2)c1. The van der Waals surface area contributed by atoms with Crippen LogP contribution in [0, 0.1) is 6.92 Å². The fraction of sp³-hybridized carbons (Fsp3) is 0.615. The molecule has 2 rings (SSSR count). The Bertz CT molecular complexity index is 436. The standard InChI is InChI=1S/C13H19BrN2O/c1-11-9-12(14)13(17)16(10-11)8-7-15-5-3-2-4-6-15/h9-10H,2-8H2,1H3. The molecule has 0 unspecified atom stereocenters. The van der Waals surface area contributed by atoms with Crippen molar-refractivity contribution in [3.05, 3.63) is 32.7 Å². The molecule has 0 saturated carbocycles. The van der Waals surface area contributed by atoms with E-state index in [0.29, 0.717) is 4.47 Å². The van der Waals surface area contributed by atoms with E-state index in [-0.39, 0.29) is 5.56 Å². The lowest BCUT2D eigenvalue weighted by atomic mass is 10.1. The highest BCUT2D eigenvalue weighted by Gasteiger charge is 2.10. The first kappa shape index (κ1) is 12.8. The Morgan fingerprint density at radius 1 is 1.24 bits per heavy atom. The summed E-state index contributed by atoms with van der Waals surface area (Å²) in [5.74, 6) is 0. The lowest BCUT2D eigenvalue weighted by molar-refractivity contribution is 0.220. The number of aromatic nitrogens is 1. The fourth-order valence-electron chi connectivity index (χ4n) is 2.34. The van der Waals surface area contributed by atoms with Crippen molar-refractivity contribution in [3.63, 3.8) is 0 Å². The highest BCUT2D eigenvalue weighted by molar-refractivity contribution is 9.10. The fourth-order valence-corrected chi connectivity index (χ4v) is 2.93. The third kappa shape index (κ3) is 3.42. The summed E-state index contributed by atoms with van der Waals surface area (Å²) in [7, 11) is 0. The van der Waals surface area contributed by atoms with Gasteiger partial charge in [0.05, 0.1) is 4.47 Å². The lowest BCUT2D eigenvalue weighted by Gasteiger charge is -2.26. The lowest BCUT2D eigenvalue weighted by Crippen LogP contribution is -2.34. The second kappa shape index (κ2) is 5.83. The molecule has 1 aliphatic rings. The van der Waals surface area contributed by atoms with Crippen LogP contribution in [0.2, 0.25) is 0 Å². The molecule has 1 saturated heterocycles. The second-order valence-corrected chi connectivity index (χ2v) is 5.62. The van der Waals surface area contributed by atoms with E-state index in [1.807, 2.05) is 23.8 Å². The molecule has 0 N–H and O–H groups in total. The van der Waals surface area contributed by atoms with Gasteiger partial charge in [0, 0.05) is 19.3 Å². The van der Waals surface area contributed by atoms with E-state index >= 15 is 0 Å². The van der Waals surface area contributed by atoms with Crippen molar-refractivity contribution >= 4 is 15.9 Å². The summed E-state index contributed by atoms with van der Waals surface area (Å²) in [5.41, 5.74) is 1.20. The van der Waals surface area contributed by atoms with Crippen molar-refractivity contribution in [1.82, 2.24) is 9.47 Å². The number of likely N-dealkylation sites (tertiary alicyclic amines) is 1. The number of halogens is 1. The summed E-state index contributed by atoms with van der Waals surface area (Å²) >= 11 is 3.32. The van der Waals surface area contributed by atoms with Crippen LogP contribution in [0.5, 0.6) is 0 Å². The predicted octanol–water partition coefficient (Wildman–Crippen LogP) is 2.41. The molecule has 1 aliphatic heterocycles. The van der Waals surface area contributed by atoms with Crippen molar-refractivity contribution in [3.8, 4) is 0 Å². The molecule has 1 aromatic heterocycles. The minimum Gasteiger partial charge on any atom is -0.313 e. The van der Waals surface area contributed by atoms with Crippen LogP contribution in [0.1, 0.15) is 24.8 Å². The molecule has 94 valence electrons. The number of rotatable bonds is 3. The van der Waals surface area contributed by atoms with E-state index in [4.69, 9.17) is 0 Å². The Balaban J connectivity index is 2.00. The summed E-state index contributed by atoms with van der Waals surface area (Å²) in [6, 6.07) is 1.87. The zero-order valence-electron chi connectivity index (χ0n) is 10.3. The van der Waals surface area contributed by atoms with Crippen LogP contribution in [0.25, 0.3) is 0 Å². The van der Waals surface area contributed by atoms with E-state index < -0.39 is 0 Å². The summed E-state index contributed by atoms with van der Waals surface area (Å²) in [6.45, 7) is 6.15. The van der Waals surface area contributed by atoms with E-state index in [9.17, 15) is 4.79 Å². The van der Waals surface area contributed by atoms with Crippen LogP contribution in [0.3, 0.4) is 0 Å². The van der Waals surface area contributed by atoms with Gasteiger partial charge in [0.1, 0.15) is 0 Å². The van der Waals surface area contributed by atoms with Crippen molar-refractivity contribution in [2.75, 3.05) is 19.6 Å². The van der Waals surface area contributed by atoms with Gasteiger partial charge < -0.3 is 9.47 Å².